The molecule has 1 heterocycles. The first-order valence-corrected chi connectivity index (χ1v) is 11.9. The lowest BCUT2D eigenvalue weighted by Crippen LogP contribution is -2.49. The van der Waals surface area contributed by atoms with Gasteiger partial charge in [-0.25, -0.2) is 12.8 Å². The Morgan fingerprint density at radius 1 is 1.00 bits per heavy atom. The number of alkyl halides is 3. The second kappa shape index (κ2) is 9.68. The predicted octanol–water partition coefficient (Wildman–Crippen LogP) is 3.84. The summed E-state index contributed by atoms with van der Waals surface area (Å²) in [5, 5.41) is 0. The van der Waals surface area contributed by atoms with Crippen LogP contribution in [0.1, 0.15) is 29.8 Å². The minimum Gasteiger partial charge on any atom is -0.368 e. The van der Waals surface area contributed by atoms with Crippen molar-refractivity contribution in [3.05, 3.63) is 59.4 Å². The van der Waals surface area contributed by atoms with E-state index >= 15 is 0 Å². The summed E-state index contributed by atoms with van der Waals surface area (Å²) in [6, 6.07) is 8.07. The number of carbonyl (C=O) groups is 1. The zero-order valence-corrected chi connectivity index (χ0v) is 19.1. The average Bonchev–Trinajstić information content (AvgIpc) is 2.79. The molecule has 0 atom stereocenters. The van der Waals surface area contributed by atoms with Gasteiger partial charge in [-0.05, 0) is 36.4 Å². The topological polar surface area (TPSA) is 60.9 Å². The van der Waals surface area contributed by atoms with Crippen LogP contribution in [0.2, 0.25) is 0 Å². The van der Waals surface area contributed by atoms with Gasteiger partial charge in [0.15, 0.2) is 0 Å². The van der Waals surface area contributed by atoms with Crippen LogP contribution in [0.25, 0.3) is 0 Å². The molecular formula is C22H25F4N3O3S. The fourth-order valence-corrected chi connectivity index (χ4v) is 5.24. The second-order valence-corrected chi connectivity index (χ2v) is 9.50. The maximum absolute atomic E-state index is 14.5. The Kier molecular flexibility index (Phi) is 7.32. The molecular weight excluding hydrogens is 462 g/mol. The summed E-state index contributed by atoms with van der Waals surface area (Å²) in [6.45, 7) is 4.65. The highest BCUT2D eigenvalue weighted by Gasteiger charge is 2.32. The van der Waals surface area contributed by atoms with Crippen molar-refractivity contribution in [2.24, 2.45) is 0 Å². The molecule has 3 rings (SSSR count). The molecule has 0 N–H and O–H groups in total. The molecule has 180 valence electrons. The fourth-order valence-electron chi connectivity index (χ4n) is 3.76. The van der Waals surface area contributed by atoms with Gasteiger partial charge in [-0.1, -0.05) is 19.9 Å². The molecule has 2 aromatic carbocycles. The van der Waals surface area contributed by atoms with E-state index in [-0.39, 0.29) is 49.7 Å². The number of benzene rings is 2. The van der Waals surface area contributed by atoms with Crippen molar-refractivity contribution in [3.63, 3.8) is 0 Å². The lowest BCUT2D eigenvalue weighted by atomic mass is 10.1. The number of sulfonamides is 1. The normalized spacial score (nSPS) is 15.2. The van der Waals surface area contributed by atoms with E-state index in [1.807, 2.05) is 0 Å². The monoisotopic (exact) mass is 487 g/mol. The van der Waals surface area contributed by atoms with E-state index in [9.17, 15) is 30.8 Å². The molecule has 33 heavy (non-hydrogen) atoms. The Balaban J connectivity index is 1.76. The van der Waals surface area contributed by atoms with Crippen LogP contribution in [-0.4, -0.2) is 62.8 Å². The van der Waals surface area contributed by atoms with Crippen molar-refractivity contribution < 1.29 is 30.8 Å². The highest BCUT2D eigenvalue weighted by atomic mass is 32.2. The Labute approximate surface area is 190 Å². The van der Waals surface area contributed by atoms with Crippen LogP contribution in [0.4, 0.5) is 23.2 Å². The fraction of sp³-hybridized carbons (Fsp3) is 0.409. The number of carbonyl (C=O) groups excluding carboxylic acids is 1. The van der Waals surface area contributed by atoms with Crippen LogP contribution in [0.15, 0.2) is 47.4 Å². The summed E-state index contributed by atoms with van der Waals surface area (Å²) in [7, 11) is -3.87. The molecule has 0 aliphatic carbocycles. The average molecular weight is 488 g/mol. The molecule has 0 spiro atoms. The van der Waals surface area contributed by atoms with Gasteiger partial charge in [0.2, 0.25) is 10.0 Å². The maximum Gasteiger partial charge on any atom is 0.416 e. The van der Waals surface area contributed by atoms with Gasteiger partial charge in [0.1, 0.15) is 5.82 Å². The van der Waals surface area contributed by atoms with E-state index in [0.29, 0.717) is 5.69 Å². The summed E-state index contributed by atoms with van der Waals surface area (Å²) in [5.41, 5.74) is -0.724. The zero-order chi connectivity index (χ0) is 24.4. The summed E-state index contributed by atoms with van der Waals surface area (Å²) >= 11 is 0. The summed E-state index contributed by atoms with van der Waals surface area (Å²) in [5.74, 6) is -1.49. The van der Waals surface area contributed by atoms with Crippen molar-refractivity contribution in [3.8, 4) is 0 Å². The second-order valence-electron chi connectivity index (χ2n) is 7.56. The first-order valence-electron chi connectivity index (χ1n) is 10.5. The minimum absolute atomic E-state index is 0.154. The van der Waals surface area contributed by atoms with E-state index in [4.69, 9.17) is 0 Å². The number of nitrogens with zero attached hydrogens (tertiary/aromatic N) is 3. The third-order valence-electron chi connectivity index (χ3n) is 5.62. The van der Waals surface area contributed by atoms with Crippen LogP contribution in [0.5, 0.6) is 0 Å². The lowest BCUT2D eigenvalue weighted by Gasteiger charge is -2.36. The van der Waals surface area contributed by atoms with Gasteiger partial charge in [-0.2, -0.15) is 17.5 Å². The van der Waals surface area contributed by atoms with Crippen LogP contribution < -0.4 is 4.90 Å². The first-order chi connectivity index (χ1) is 15.5. The molecule has 0 aromatic heterocycles. The van der Waals surface area contributed by atoms with Gasteiger partial charge in [0, 0.05) is 45.0 Å². The molecule has 1 amide bonds. The van der Waals surface area contributed by atoms with E-state index < -0.39 is 33.5 Å². The molecule has 0 radical (unpaired) electrons. The SMILES string of the molecule is CCN(CC)S(=O)(=O)c1ccc(F)c(C(=O)N2CCN(c3cccc(C(F)(F)F)c3)CC2)c1. The van der Waals surface area contributed by atoms with Crippen LogP contribution in [-0.2, 0) is 16.2 Å². The molecule has 1 aliphatic rings. The first kappa shape index (κ1) is 25.0. The number of rotatable bonds is 6. The van der Waals surface area contributed by atoms with Crippen LogP contribution in [0.3, 0.4) is 0 Å². The smallest absolute Gasteiger partial charge is 0.368 e. The van der Waals surface area contributed by atoms with Crippen molar-refractivity contribution >= 4 is 21.6 Å². The van der Waals surface area contributed by atoms with Crippen molar-refractivity contribution in [1.82, 2.24) is 9.21 Å². The maximum atomic E-state index is 14.5. The van der Waals surface area contributed by atoms with Gasteiger partial charge in [0.25, 0.3) is 5.91 Å². The quantitative estimate of drug-likeness (QED) is 0.581. The molecule has 6 nitrogen and oxygen atoms in total. The standard InChI is InChI=1S/C22H25F4N3O3S/c1-3-29(4-2)33(31,32)18-8-9-20(23)19(15-18)21(30)28-12-10-27(11-13-28)17-7-5-6-16(14-17)22(24,25)26/h5-9,14-15H,3-4,10-13H2,1-2H3. The van der Waals surface area contributed by atoms with E-state index in [2.05, 4.69) is 0 Å². The number of anilines is 1. The number of hydrogen-bond donors (Lipinski definition) is 0. The zero-order valence-electron chi connectivity index (χ0n) is 18.3. The molecule has 0 bridgehead atoms. The molecule has 0 saturated carbocycles. The third-order valence-corrected chi connectivity index (χ3v) is 7.66. The van der Waals surface area contributed by atoms with E-state index in [1.54, 1.807) is 24.8 Å². The van der Waals surface area contributed by atoms with Crippen molar-refractivity contribution in [2.45, 2.75) is 24.9 Å². The minimum atomic E-state index is -4.46. The highest BCUT2D eigenvalue weighted by molar-refractivity contribution is 7.89. The number of hydrogen-bond acceptors (Lipinski definition) is 4. The van der Waals surface area contributed by atoms with E-state index in [1.165, 1.54) is 15.3 Å². The number of amides is 1. The van der Waals surface area contributed by atoms with Crippen molar-refractivity contribution in [2.75, 3.05) is 44.2 Å². The number of halogens is 4. The third kappa shape index (κ3) is 5.30. The highest BCUT2D eigenvalue weighted by Crippen LogP contribution is 2.32. The molecule has 0 unspecified atom stereocenters. The van der Waals surface area contributed by atoms with Gasteiger partial charge in [-0.15, -0.1) is 0 Å². The van der Waals surface area contributed by atoms with Crippen LogP contribution in [0, 0.1) is 5.82 Å². The largest absolute Gasteiger partial charge is 0.416 e. The molecule has 1 fully saturated rings. The molecule has 2 aromatic rings. The van der Waals surface area contributed by atoms with Crippen LogP contribution >= 0.6 is 0 Å². The molecule has 11 heteroatoms. The Bertz CT molecular complexity index is 1110. The summed E-state index contributed by atoms with van der Waals surface area (Å²) < 4.78 is 80.1. The lowest BCUT2D eigenvalue weighted by molar-refractivity contribution is -0.137. The van der Waals surface area contributed by atoms with Gasteiger partial charge >= 0.3 is 6.18 Å². The summed E-state index contributed by atoms with van der Waals surface area (Å²) in [6.07, 6.45) is -4.46. The molecule has 1 aliphatic heterocycles. The Morgan fingerprint density at radius 2 is 1.64 bits per heavy atom. The van der Waals surface area contributed by atoms with Crippen molar-refractivity contribution in [1.29, 1.82) is 0 Å². The molecule has 1 saturated heterocycles. The Morgan fingerprint density at radius 3 is 2.21 bits per heavy atom. The van der Waals surface area contributed by atoms with Gasteiger partial charge < -0.3 is 9.80 Å². The van der Waals surface area contributed by atoms with Gasteiger partial charge in [0.05, 0.1) is 16.0 Å². The van der Waals surface area contributed by atoms with E-state index in [0.717, 1.165) is 30.3 Å². The summed E-state index contributed by atoms with van der Waals surface area (Å²) in [4.78, 5) is 15.9. The van der Waals surface area contributed by atoms with Gasteiger partial charge in [-0.3, -0.25) is 4.79 Å². The Hall–Kier alpha value is -2.66. The number of piperazine rings is 1. The predicted molar refractivity (Wildman–Crippen MR) is 116 cm³/mol.